The Morgan fingerprint density at radius 2 is 1.94 bits per heavy atom. The Bertz CT molecular complexity index is 288. The van der Waals surface area contributed by atoms with Crippen molar-refractivity contribution in [3.63, 3.8) is 0 Å². The summed E-state index contributed by atoms with van der Waals surface area (Å²) in [6.45, 7) is 2.92. The number of hydrogen-bond acceptors (Lipinski definition) is 4. The van der Waals surface area contributed by atoms with Gasteiger partial charge in [-0.1, -0.05) is 0 Å². The van der Waals surface area contributed by atoms with E-state index in [4.69, 9.17) is 5.11 Å². The molecule has 1 unspecified atom stereocenters. The van der Waals surface area contributed by atoms with E-state index in [1.165, 1.54) is 6.92 Å². The first-order chi connectivity index (χ1) is 7.35. The Hall–Kier alpha value is -0.750. The molecule has 1 rings (SSSR count). The fraction of sp³-hybridized carbons (Fsp3) is 0.800. The summed E-state index contributed by atoms with van der Waals surface area (Å²) in [5.41, 5.74) is 0. The molecular formula is C10H18N2O3S. The summed E-state index contributed by atoms with van der Waals surface area (Å²) >= 11 is 4.48. The Balaban J connectivity index is 2.76. The Morgan fingerprint density at radius 1 is 1.44 bits per heavy atom. The van der Waals surface area contributed by atoms with Crippen LogP contribution in [0.1, 0.15) is 19.8 Å². The van der Waals surface area contributed by atoms with Crippen molar-refractivity contribution in [2.75, 3.05) is 20.1 Å². The lowest BCUT2D eigenvalue weighted by molar-refractivity contribution is -0.143. The summed E-state index contributed by atoms with van der Waals surface area (Å²) in [7, 11) is 1.99. The van der Waals surface area contributed by atoms with Crippen LogP contribution in [-0.2, 0) is 9.59 Å². The highest BCUT2D eigenvalue weighted by molar-refractivity contribution is 7.82. The van der Waals surface area contributed by atoms with E-state index in [0.717, 1.165) is 13.1 Å². The molecule has 0 radical (unpaired) electrons. The molecule has 1 fully saturated rings. The number of carboxylic acids is 1. The molecule has 16 heavy (non-hydrogen) atoms. The van der Waals surface area contributed by atoms with Crippen molar-refractivity contribution in [2.45, 2.75) is 30.6 Å². The maximum Gasteiger partial charge on any atom is 0.327 e. The number of nitrogens with one attached hydrogen (secondary N) is 1. The van der Waals surface area contributed by atoms with E-state index < -0.39 is 16.8 Å². The van der Waals surface area contributed by atoms with E-state index in [0.29, 0.717) is 12.8 Å². The summed E-state index contributed by atoms with van der Waals surface area (Å²) in [6, 6.07) is -0.915. The van der Waals surface area contributed by atoms with Gasteiger partial charge in [0.05, 0.1) is 0 Å². The Morgan fingerprint density at radius 3 is 2.31 bits per heavy atom. The first-order valence-electron chi connectivity index (χ1n) is 5.26. The quantitative estimate of drug-likeness (QED) is 0.612. The van der Waals surface area contributed by atoms with Crippen molar-refractivity contribution >= 4 is 24.5 Å². The highest BCUT2D eigenvalue weighted by atomic mass is 32.1. The number of aliphatic carboxylic acids is 1. The lowest BCUT2D eigenvalue weighted by Gasteiger charge is -2.40. The molecule has 5 nitrogen and oxygen atoms in total. The number of amides is 1. The molecule has 2 N–H and O–H groups in total. The maximum atomic E-state index is 11.1. The SMILES string of the molecule is CC(=O)NC(C(=O)O)C1(S)CCN(C)CC1. The van der Waals surface area contributed by atoms with Crippen LogP contribution in [-0.4, -0.2) is 52.8 Å². The average molecular weight is 246 g/mol. The van der Waals surface area contributed by atoms with Crippen LogP contribution >= 0.6 is 12.6 Å². The van der Waals surface area contributed by atoms with Gasteiger partial charge in [0.2, 0.25) is 5.91 Å². The molecule has 0 aromatic heterocycles. The molecule has 0 aliphatic carbocycles. The van der Waals surface area contributed by atoms with Gasteiger partial charge in [-0.3, -0.25) is 4.79 Å². The molecule has 1 aliphatic rings. The van der Waals surface area contributed by atoms with Crippen LogP contribution in [0, 0.1) is 0 Å². The summed E-state index contributed by atoms with van der Waals surface area (Å²) in [5, 5.41) is 11.6. The number of likely N-dealkylation sites (tertiary alicyclic amines) is 1. The normalized spacial score (nSPS) is 22.4. The zero-order chi connectivity index (χ0) is 12.3. The van der Waals surface area contributed by atoms with Crippen molar-refractivity contribution in [2.24, 2.45) is 0 Å². The van der Waals surface area contributed by atoms with Crippen LogP contribution in [0.25, 0.3) is 0 Å². The first kappa shape index (κ1) is 13.3. The molecule has 92 valence electrons. The van der Waals surface area contributed by atoms with E-state index in [2.05, 4.69) is 22.8 Å². The van der Waals surface area contributed by atoms with Gasteiger partial charge in [-0.2, -0.15) is 12.6 Å². The number of carbonyl (C=O) groups excluding carboxylic acids is 1. The molecule has 0 aromatic carbocycles. The molecular weight excluding hydrogens is 228 g/mol. The third-order valence-electron chi connectivity index (χ3n) is 2.98. The van der Waals surface area contributed by atoms with Crippen LogP contribution < -0.4 is 5.32 Å². The number of hydrogen-bond donors (Lipinski definition) is 3. The second-order valence-corrected chi connectivity index (χ2v) is 5.27. The summed E-state index contributed by atoms with van der Waals surface area (Å²) in [5.74, 6) is -1.35. The second-order valence-electron chi connectivity index (χ2n) is 4.38. The lowest BCUT2D eigenvalue weighted by Crippen LogP contribution is -2.57. The lowest BCUT2D eigenvalue weighted by atomic mass is 9.88. The Kier molecular flexibility index (Phi) is 4.21. The van der Waals surface area contributed by atoms with Gasteiger partial charge in [0.15, 0.2) is 0 Å². The number of carboxylic acid groups (broad SMARTS) is 1. The predicted octanol–water partition coefficient (Wildman–Crippen LogP) is -0.0301. The third kappa shape index (κ3) is 3.12. The standard InChI is InChI=1S/C10H18N2O3S/c1-7(13)11-8(9(14)15)10(16)3-5-12(2)6-4-10/h8,16H,3-6H2,1-2H3,(H,11,13)(H,14,15). The van der Waals surface area contributed by atoms with Gasteiger partial charge < -0.3 is 15.3 Å². The smallest absolute Gasteiger partial charge is 0.327 e. The van der Waals surface area contributed by atoms with Gasteiger partial charge in [0.1, 0.15) is 6.04 Å². The molecule has 1 atom stereocenters. The predicted molar refractivity (Wildman–Crippen MR) is 63.7 cm³/mol. The zero-order valence-corrected chi connectivity index (χ0v) is 10.5. The minimum absolute atomic E-state index is 0.334. The van der Waals surface area contributed by atoms with Crippen LogP contribution in [0.4, 0.5) is 0 Å². The van der Waals surface area contributed by atoms with E-state index >= 15 is 0 Å². The molecule has 1 amide bonds. The average Bonchev–Trinajstić information content (AvgIpc) is 2.19. The molecule has 1 saturated heterocycles. The Labute approximate surface area is 101 Å². The summed E-state index contributed by atoms with van der Waals surface area (Å²) in [4.78, 5) is 24.3. The molecule has 0 spiro atoms. The zero-order valence-electron chi connectivity index (χ0n) is 9.56. The fourth-order valence-electron chi connectivity index (χ4n) is 1.92. The molecule has 0 saturated carbocycles. The van der Waals surface area contributed by atoms with Gasteiger partial charge in [-0.05, 0) is 33.0 Å². The number of thiol groups is 1. The highest BCUT2D eigenvalue weighted by Gasteiger charge is 2.42. The molecule has 0 bridgehead atoms. The van der Waals surface area contributed by atoms with Crippen LogP contribution in [0.3, 0.4) is 0 Å². The van der Waals surface area contributed by atoms with E-state index in [-0.39, 0.29) is 5.91 Å². The van der Waals surface area contributed by atoms with Gasteiger partial charge in [-0.25, -0.2) is 4.79 Å². The van der Waals surface area contributed by atoms with Crippen molar-refractivity contribution in [1.82, 2.24) is 10.2 Å². The van der Waals surface area contributed by atoms with Crippen molar-refractivity contribution in [3.8, 4) is 0 Å². The van der Waals surface area contributed by atoms with Crippen molar-refractivity contribution in [3.05, 3.63) is 0 Å². The van der Waals surface area contributed by atoms with E-state index in [9.17, 15) is 9.59 Å². The number of rotatable bonds is 3. The van der Waals surface area contributed by atoms with Crippen LogP contribution in [0.5, 0.6) is 0 Å². The van der Waals surface area contributed by atoms with Crippen LogP contribution in [0.2, 0.25) is 0 Å². The second kappa shape index (κ2) is 5.05. The summed E-state index contributed by atoms with van der Waals surface area (Å²) < 4.78 is -0.649. The number of carbonyl (C=O) groups is 2. The molecule has 1 aliphatic heterocycles. The van der Waals surface area contributed by atoms with Gasteiger partial charge in [-0.15, -0.1) is 0 Å². The van der Waals surface area contributed by atoms with E-state index in [1.54, 1.807) is 0 Å². The minimum atomic E-state index is -1.02. The third-order valence-corrected chi connectivity index (χ3v) is 3.69. The van der Waals surface area contributed by atoms with Gasteiger partial charge >= 0.3 is 5.97 Å². The minimum Gasteiger partial charge on any atom is -0.480 e. The topological polar surface area (TPSA) is 69.6 Å². The van der Waals surface area contributed by atoms with E-state index in [1.807, 2.05) is 7.05 Å². The largest absolute Gasteiger partial charge is 0.480 e. The number of nitrogens with zero attached hydrogens (tertiary/aromatic N) is 1. The fourth-order valence-corrected chi connectivity index (χ4v) is 2.30. The molecule has 6 heteroatoms. The monoisotopic (exact) mass is 246 g/mol. The highest BCUT2D eigenvalue weighted by Crippen LogP contribution is 2.32. The summed E-state index contributed by atoms with van der Waals surface area (Å²) in [6.07, 6.45) is 1.31. The van der Waals surface area contributed by atoms with Crippen molar-refractivity contribution < 1.29 is 14.7 Å². The van der Waals surface area contributed by atoms with Gasteiger partial charge in [0.25, 0.3) is 0 Å². The maximum absolute atomic E-state index is 11.1. The number of piperidine rings is 1. The molecule has 1 heterocycles. The first-order valence-corrected chi connectivity index (χ1v) is 5.71. The van der Waals surface area contributed by atoms with Crippen LogP contribution in [0.15, 0.2) is 0 Å². The molecule has 0 aromatic rings. The van der Waals surface area contributed by atoms with Crippen molar-refractivity contribution in [1.29, 1.82) is 0 Å². The van der Waals surface area contributed by atoms with Gasteiger partial charge in [0, 0.05) is 11.7 Å².